The minimum atomic E-state index is 0.402. The van der Waals surface area contributed by atoms with Crippen LogP contribution in [0.15, 0.2) is 0 Å². The van der Waals surface area contributed by atoms with E-state index in [9.17, 15) is 0 Å². The second-order valence-electron chi connectivity index (χ2n) is 3.82. The van der Waals surface area contributed by atoms with Crippen LogP contribution in [-0.4, -0.2) is 44.9 Å². The first-order valence-corrected chi connectivity index (χ1v) is 4.95. The summed E-state index contributed by atoms with van der Waals surface area (Å²) in [5.74, 6) is 0.668. The lowest BCUT2D eigenvalue weighted by Crippen LogP contribution is -2.49. The molecule has 1 heterocycles. The van der Waals surface area contributed by atoms with Gasteiger partial charge >= 0.3 is 0 Å². The van der Waals surface area contributed by atoms with Crippen molar-refractivity contribution >= 4 is 0 Å². The zero-order valence-electron chi connectivity index (χ0n) is 8.62. The monoisotopic (exact) mass is 187 g/mol. The molecule has 1 rings (SSSR count). The molecule has 0 saturated carbocycles. The number of rotatable bonds is 4. The minimum Gasteiger partial charge on any atom is -0.381 e. The van der Waals surface area contributed by atoms with Crippen LogP contribution in [0.1, 0.15) is 12.8 Å². The maximum Gasteiger partial charge on any atom is 0.0469 e. The lowest BCUT2D eigenvalue weighted by molar-refractivity contribution is 0.0443. The molecule has 0 aliphatic carbocycles. The number of nitrogens with two attached hydrogens (primary N) is 1. The summed E-state index contributed by atoms with van der Waals surface area (Å²) >= 11 is 0. The highest BCUT2D eigenvalue weighted by Gasteiger charge is 2.22. The van der Waals surface area contributed by atoms with Gasteiger partial charge in [0.25, 0.3) is 0 Å². The van der Waals surface area contributed by atoms with E-state index in [1.165, 1.54) is 0 Å². The molecule has 1 aliphatic heterocycles. The van der Waals surface area contributed by atoms with Crippen molar-refractivity contribution in [1.29, 1.82) is 0 Å². The van der Waals surface area contributed by atoms with Crippen molar-refractivity contribution in [2.24, 2.45) is 11.7 Å². The lowest BCUT2D eigenvalue weighted by Gasteiger charge is -2.32. The average Bonchev–Trinajstić information content (AvgIpc) is 2.15. The first-order chi connectivity index (χ1) is 6.24. The Morgan fingerprint density at radius 1 is 1.46 bits per heavy atom. The normalized spacial score (nSPS) is 22.2. The predicted molar refractivity (Wildman–Crippen MR) is 53.2 cm³/mol. The van der Waals surface area contributed by atoms with E-state index in [1.54, 1.807) is 0 Å². The Bertz CT molecular complexity index is 135. The molecule has 4 heteroatoms. The lowest BCUT2D eigenvalue weighted by atomic mass is 9.92. The van der Waals surface area contributed by atoms with Crippen LogP contribution in [0.3, 0.4) is 0 Å². The number of ether oxygens (including phenoxy) is 1. The highest BCUT2D eigenvalue weighted by atomic mass is 16.5. The Balaban J connectivity index is 2.34. The standard InChI is InChI=1S/C9H21N3O/c1-12(2)11-9(7-10)8-3-5-13-6-4-8/h8-9,11H,3-7,10H2,1-2H3. The Kier molecular flexibility index (Phi) is 4.66. The molecule has 1 saturated heterocycles. The van der Waals surface area contributed by atoms with E-state index in [2.05, 4.69) is 5.43 Å². The highest BCUT2D eigenvalue weighted by molar-refractivity contribution is 4.77. The summed E-state index contributed by atoms with van der Waals surface area (Å²) < 4.78 is 5.32. The van der Waals surface area contributed by atoms with Gasteiger partial charge in [0.1, 0.15) is 0 Å². The molecule has 0 amide bonds. The van der Waals surface area contributed by atoms with E-state index in [0.29, 0.717) is 18.5 Å². The summed E-state index contributed by atoms with van der Waals surface area (Å²) in [5.41, 5.74) is 9.07. The number of nitrogens with zero attached hydrogens (tertiary/aromatic N) is 1. The number of hydrazine groups is 1. The second-order valence-corrected chi connectivity index (χ2v) is 3.82. The van der Waals surface area contributed by atoms with Gasteiger partial charge in [0.2, 0.25) is 0 Å². The molecule has 1 unspecified atom stereocenters. The van der Waals surface area contributed by atoms with Crippen molar-refractivity contribution in [3.63, 3.8) is 0 Å². The smallest absolute Gasteiger partial charge is 0.0469 e. The Labute approximate surface area is 80.4 Å². The molecule has 0 spiro atoms. The van der Waals surface area contributed by atoms with Crippen LogP contribution in [0.25, 0.3) is 0 Å². The van der Waals surface area contributed by atoms with Crippen LogP contribution in [0.2, 0.25) is 0 Å². The summed E-state index contributed by atoms with van der Waals surface area (Å²) in [6, 6.07) is 0.402. The zero-order chi connectivity index (χ0) is 9.68. The van der Waals surface area contributed by atoms with Gasteiger partial charge in [0.15, 0.2) is 0 Å². The fourth-order valence-electron chi connectivity index (χ4n) is 1.80. The number of hydrogen-bond donors (Lipinski definition) is 2. The van der Waals surface area contributed by atoms with Crippen LogP contribution in [0, 0.1) is 5.92 Å². The zero-order valence-corrected chi connectivity index (χ0v) is 8.62. The van der Waals surface area contributed by atoms with Crippen LogP contribution in [-0.2, 0) is 4.74 Å². The molecular weight excluding hydrogens is 166 g/mol. The summed E-state index contributed by atoms with van der Waals surface area (Å²) in [6.45, 7) is 2.47. The summed E-state index contributed by atoms with van der Waals surface area (Å²) in [4.78, 5) is 0. The van der Waals surface area contributed by atoms with Gasteiger partial charge in [-0.2, -0.15) is 0 Å². The molecule has 13 heavy (non-hydrogen) atoms. The van der Waals surface area contributed by atoms with Crippen molar-refractivity contribution in [3.05, 3.63) is 0 Å². The molecule has 0 bridgehead atoms. The van der Waals surface area contributed by atoms with Gasteiger partial charge in [0, 0.05) is 39.9 Å². The number of hydrogen-bond acceptors (Lipinski definition) is 4. The average molecular weight is 187 g/mol. The van der Waals surface area contributed by atoms with Gasteiger partial charge in [0.05, 0.1) is 0 Å². The van der Waals surface area contributed by atoms with E-state index in [-0.39, 0.29) is 0 Å². The quantitative estimate of drug-likeness (QED) is 0.599. The van der Waals surface area contributed by atoms with Crippen molar-refractivity contribution in [2.45, 2.75) is 18.9 Å². The van der Waals surface area contributed by atoms with Crippen LogP contribution in [0.5, 0.6) is 0 Å². The second kappa shape index (κ2) is 5.54. The molecule has 0 aromatic carbocycles. The van der Waals surface area contributed by atoms with Gasteiger partial charge in [-0.05, 0) is 18.8 Å². The Hall–Kier alpha value is -0.160. The van der Waals surface area contributed by atoms with E-state index in [4.69, 9.17) is 10.5 Å². The molecule has 3 N–H and O–H groups in total. The maximum atomic E-state index is 5.72. The van der Waals surface area contributed by atoms with Crippen molar-refractivity contribution < 1.29 is 4.74 Å². The molecule has 0 aromatic heterocycles. The minimum absolute atomic E-state index is 0.402. The van der Waals surface area contributed by atoms with Crippen molar-refractivity contribution in [3.8, 4) is 0 Å². The van der Waals surface area contributed by atoms with Crippen molar-refractivity contribution in [1.82, 2.24) is 10.4 Å². The highest BCUT2D eigenvalue weighted by Crippen LogP contribution is 2.18. The van der Waals surface area contributed by atoms with E-state index in [0.717, 1.165) is 26.1 Å². The van der Waals surface area contributed by atoms with Crippen LogP contribution in [0.4, 0.5) is 0 Å². The Morgan fingerprint density at radius 2 is 2.08 bits per heavy atom. The predicted octanol–water partition coefficient (Wildman–Crippen LogP) is -0.193. The Morgan fingerprint density at radius 3 is 2.54 bits per heavy atom. The molecule has 1 aliphatic rings. The molecule has 4 nitrogen and oxygen atoms in total. The largest absolute Gasteiger partial charge is 0.381 e. The van der Waals surface area contributed by atoms with E-state index >= 15 is 0 Å². The molecule has 1 fully saturated rings. The molecule has 0 radical (unpaired) electrons. The summed E-state index contributed by atoms with van der Waals surface area (Å²) in [7, 11) is 4.00. The van der Waals surface area contributed by atoms with Gasteiger partial charge in [-0.25, -0.2) is 0 Å². The first-order valence-electron chi connectivity index (χ1n) is 4.95. The maximum absolute atomic E-state index is 5.72. The molecule has 1 atom stereocenters. The van der Waals surface area contributed by atoms with Gasteiger partial charge in [-0.15, -0.1) is 0 Å². The van der Waals surface area contributed by atoms with Crippen molar-refractivity contribution in [2.75, 3.05) is 33.9 Å². The van der Waals surface area contributed by atoms with Crippen LogP contribution < -0.4 is 11.2 Å². The third-order valence-electron chi connectivity index (χ3n) is 2.51. The molecule has 0 aromatic rings. The third kappa shape index (κ3) is 3.60. The third-order valence-corrected chi connectivity index (χ3v) is 2.51. The summed E-state index contributed by atoms with van der Waals surface area (Å²) in [6.07, 6.45) is 2.26. The van der Waals surface area contributed by atoms with Gasteiger partial charge < -0.3 is 10.5 Å². The molecular formula is C9H21N3O. The first kappa shape index (κ1) is 10.9. The molecule has 78 valence electrons. The fraction of sp³-hybridized carbons (Fsp3) is 1.00. The van der Waals surface area contributed by atoms with E-state index < -0.39 is 0 Å². The topological polar surface area (TPSA) is 50.5 Å². The van der Waals surface area contributed by atoms with Gasteiger partial charge in [-0.3, -0.25) is 10.4 Å². The SMILES string of the molecule is CN(C)NC(CN)C1CCOCC1. The van der Waals surface area contributed by atoms with Crippen LogP contribution >= 0.6 is 0 Å². The van der Waals surface area contributed by atoms with E-state index in [1.807, 2.05) is 19.1 Å². The van der Waals surface area contributed by atoms with Gasteiger partial charge in [-0.1, -0.05) is 0 Å². The summed E-state index contributed by atoms with van der Waals surface area (Å²) in [5, 5.41) is 1.98. The fourth-order valence-corrected chi connectivity index (χ4v) is 1.80. The number of nitrogens with one attached hydrogen (secondary N) is 1.